The molecule has 0 radical (unpaired) electrons. The van der Waals surface area contributed by atoms with E-state index < -0.39 is 6.10 Å². The zero-order chi connectivity index (χ0) is 11.4. The van der Waals surface area contributed by atoms with Crippen molar-refractivity contribution in [1.82, 2.24) is 0 Å². The van der Waals surface area contributed by atoms with E-state index in [1.165, 1.54) is 0 Å². The van der Waals surface area contributed by atoms with Gasteiger partial charge in [0.05, 0.1) is 22.0 Å². The fraction of sp³-hybridized carbons (Fsp3) is 0.400. The van der Waals surface area contributed by atoms with Gasteiger partial charge in [0.25, 0.3) is 0 Å². The van der Waals surface area contributed by atoms with Crippen molar-refractivity contribution in [2.45, 2.75) is 13.0 Å². The summed E-state index contributed by atoms with van der Waals surface area (Å²) in [4.78, 5) is 0. The molecule has 1 aromatic rings. The van der Waals surface area contributed by atoms with Crippen LogP contribution in [0.4, 0.5) is 5.69 Å². The highest BCUT2D eigenvalue weighted by molar-refractivity contribution is 6.42. The Bertz CT molecular complexity index is 344. The van der Waals surface area contributed by atoms with Gasteiger partial charge < -0.3 is 10.4 Å². The topological polar surface area (TPSA) is 32.3 Å². The molecule has 0 saturated carbocycles. The highest BCUT2D eigenvalue weighted by Gasteiger charge is 2.07. The normalized spacial score (nSPS) is 12.6. The number of benzene rings is 1. The van der Waals surface area contributed by atoms with Gasteiger partial charge in [-0.3, -0.25) is 0 Å². The van der Waals surface area contributed by atoms with E-state index in [0.29, 0.717) is 16.6 Å². The largest absolute Gasteiger partial charge is 0.390 e. The summed E-state index contributed by atoms with van der Waals surface area (Å²) in [6, 6.07) is 3.54. The highest BCUT2D eigenvalue weighted by Crippen LogP contribution is 2.30. The Balaban J connectivity index is 2.74. The maximum absolute atomic E-state index is 9.28. The third-order valence-electron chi connectivity index (χ3n) is 2.05. The molecule has 84 valence electrons. The van der Waals surface area contributed by atoms with E-state index >= 15 is 0 Å². The summed E-state index contributed by atoms with van der Waals surface area (Å²) in [6.07, 6.45) is -0.569. The molecule has 0 aliphatic carbocycles. The van der Waals surface area contributed by atoms with Crippen LogP contribution in [0.3, 0.4) is 0 Å². The van der Waals surface area contributed by atoms with E-state index in [2.05, 4.69) is 5.32 Å². The van der Waals surface area contributed by atoms with Gasteiger partial charge in [-0.15, -0.1) is 11.6 Å². The number of halogens is 3. The van der Waals surface area contributed by atoms with Crippen molar-refractivity contribution < 1.29 is 5.11 Å². The summed E-state index contributed by atoms with van der Waals surface area (Å²) < 4.78 is 0. The first-order chi connectivity index (χ1) is 7.06. The molecule has 1 unspecified atom stereocenters. The predicted molar refractivity (Wildman–Crippen MR) is 66.4 cm³/mol. The van der Waals surface area contributed by atoms with Crippen LogP contribution >= 0.6 is 34.8 Å². The van der Waals surface area contributed by atoms with Gasteiger partial charge in [0.2, 0.25) is 0 Å². The number of anilines is 1. The van der Waals surface area contributed by atoms with Crippen LogP contribution in [0.2, 0.25) is 10.0 Å². The molecule has 2 N–H and O–H groups in total. The Morgan fingerprint density at radius 2 is 2.07 bits per heavy atom. The van der Waals surface area contributed by atoms with Gasteiger partial charge in [0.1, 0.15) is 0 Å². The lowest BCUT2D eigenvalue weighted by Crippen LogP contribution is -2.21. The summed E-state index contributed by atoms with van der Waals surface area (Å²) in [6.45, 7) is 2.26. The van der Waals surface area contributed by atoms with Gasteiger partial charge >= 0.3 is 0 Å². The lowest BCUT2D eigenvalue weighted by atomic mass is 10.2. The number of alkyl halides is 1. The minimum Gasteiger partial charge on any atom is -0.390 e. The molecular formula is C10H12Cl3NO. The number of aliphatic hydroxyl groups is 1. The highest BCUT2D eigenvalue weighted by atomic mass is 35.5. The molecule has 0 amide bonds. The van der Waals surface area contributed by atoms with Crippen molar-refractivity contribution in [3.8, 4) is 0 Å². The van der Waals surface area contributed by atoms with Crippen LogP contribution < -0.4 is 5.32 Å². The SMILES string of the molecule is Cc1c(NCC(O)CCl)ccc(Cl)c1Cl. The molecule has 1 aromatic carbocycles. The lowest BCUT2D eigenvalue weighted by Gasteiger charge is -2.13. The number of hydrogen-bond donors (Lipinski definition) is 2. The summed E-state index contributed by atoms with van der Waals surface area (Å²) in [5.74, 6) is 0.202. The molecular weight excluding hydrogens is 256 g/mol. The first-order valence-electron chi connectivity index (χ1n) is 4.48. The molecule has 0 aliphatic rings. The monoisotopic (exact) mass is 267 g/mol. The van der Waals surface area contributed by atoms with Gasteiger partial charge in [0.15, 0.2) is 0 Å². The molecule has 0 saturated heterocycles. The Hall–Kier alpha value is -0.150. The maximum atomic E-state index is 9.28. The van der Waals surface area contributed by atoms with E-state index in [1.807, 2.05) is 13.0 Å². The molecule has 0 heterocycles. The van der Waals surface area contributed by atoms with Crippen LogP contribution in [0.1, 0.15) is 5.56 Å². The molecule has 0 aliphatic heterocycles. The fourth-order valence-electron chi connectivity index (χ4n) is 1.13. The van der Waals surface area contributed by atoms with E-state index in [-0.39, 0.29) is 5.88 Å². The second kappa shape index (κ2) is 5.80. The summed E-state index contributed by atoms with van der Waals surface area (Å²) in [5.41, 5.74) is 1.72. The third-order valence-corrected chi connectivity index (χ3v) is 3.30. The molecule has 5 heteroatoms. The first kappa shape index (κ1) is 12.9. The van der Waals surface area contributed by atoms with Crippen LogP contribution in [-0.4, -0.2) is 23.6 Å². The molecule has 15 heavy (non-hydrogen) atoms. The molecule has 1 rings (SSSR count). The maximum Gasteiger partial charge on any atom is 0.0847 e. The van der Waals surface area contributed by atoms with Gasteiger partial charge in [-0.2, -0.15) is 0 Å². The Morgan fingerprint density at radius 3 is 2.67 bits per heavy atom. The second-order valence-corrected chi connectivity index (χ2v) is 4.32. The van der Waals surface area contributed by atoms with Crippen LogP contribution in [0, 0.1) is 6.92 Å². The minimum atomic E-state index is -0.569. The lowest BCUT2D eigenvalue weighted by molar-refractivity contribution is 0.211. The van der Waals surface area contributed by atoms with E-state index in [1.54, 1.807) is 6.07 Å². The number of nitrogens with one attached hydrogen (secondary N) is 1. The fourth-order valence-corrected chi connectivity index (χ4v) is 1.60. The molecule has 0 spiro atoms. The van der Waals surface area contributed by atoms with Crippen molar-refractivity contribution in [3.05, 3.63) is 27.7 Å². The van der Waals surface area contributed by atoms with Gasteiger partial charge in [-0.25, -0.2) is 0 Å². The Morgan fingerprint density at radius 1 is 1.40 bits per heavy atom. The summed E-state index contributed by atoms with van der Waals surface area (Å²) in [7, 11) is 0. The van der Waals surface area contributed by atoms with Gasteiger partial charge in [-0.1, -0.05) is 23.2 Å². The molecule has 1 atom stereocenters. The number of aliphatic hydroxyl groups excluding tert-OH is 1. The standard InChI is InChI=1S/C10H12Cl3NO/c1-6-9(14-5-7(15)4-11)3-2-8(12)10(6)13/h2-3,7,14-15H,4-5H2,1H3. The van der Waals surface area contributed by atoms with Crippen molar-refractivity contribution in [3.63, 3.8) is 0 Å². The zero-order valence-electron chi connectivity index (χ0n) is 8.23. The zero-order valence-corrected chi connectivity index (χ0v) is 10.5. The van der Waals surface area contributed by atoms with E-state index in [4.69, 9.17) is 34.8 Å². The van der Waals surface area contributed by atoms with Crippen LogP contribution in [0.15, 0.2) is 12.1 Å². The third kappa shape index (κ3) is 3.42. The Kier molecular flexibility index (Phi) is 5.00. The van der Waals surface area contributed by atoms with Gasteiger partial charge in [-0.05, 0) is 24.6 Å². The summed E-state index contributed by atoms with van der Waals surface area (Å²) >= 11 is 17.3. The number of rotatable bonds is 4. The molecule has 0 aromatic heterocycles. The molecule has 0 fully saturated rings. The van der Waals surface area contributed by atoms with Crippen molar-refractivity contribution in [2.24, 2.45) is 0 Å². The quantitative estimate of drug-likeness (QED) is 0.821. The molecule has 0 bridgehead atoms. The van der Waals surface area contributed by atoms with Crippen LogP contribution in [0.25, 0.3) is 0 Å². The average Bonchev–Trinajstić information content (AvgIpc) is 2.24. The second-order valence-electron chi connectivity index (χ2n) is 3.22. The van der Waals surface area contributed by atoms with E-state index in [0.717, 1.165) is 11.3 Å². The number of hydrogen-bond acceptors (Lipinski definition) is 2. The summed E-state index contributed by atoms with van der Waals surface area (Å²) in [5, 5.41) is 13.4. The molecule has 2 nitrogen and oxygen atoms in total. The minimum absolute atomic E-state index is 0.202. The van der Waals surface area contributed by atoms with Crippen LogP contribution in [-0.2, 0) is 0 Å². The van der Waals surface area contributed by atoms with Crippen LogP contribution in [0.5, 0.6) is 0 Å². The van der Waals surface area contributed by atoms with Gasteiger partial charge in [0, 0.05) is 12.2 Å². The van der Waals surface area contributed by atoms with Crippen molar-refractivity contribution in [2.75, 3.05) is 17.7 Å². The van der Waals surface area contributed by atoms with Crippen molar-refractivity contribution in [1.29, 1.82) is 0 Å². The average molecular weight is 269 g/mol. The van der Waals surface area contributed by atoms with E-state index in [9.17, 15) is 5.11 Å². The first-order valence-corrected chi connectivity index (χ1v) is 5.77. The predicted octanol–water partition coefficient (Wildman–Crippen LogP) is 3.31. The van der Waals surface area contributed by atoms with Crippen molar-refractivity contribution >= 4 is 40.5 Å². The Labute approximate surface area is 104 Å². The smallest absolute Gasteiger partial charge is 0.0847 e.